The Morgan fingerprint density at radius 1 is 1.60 bits per heavy atom. The molecule has 88 valence electrons. The molecule has 0 N–H and O–H groups in total. The Morgan fingerprint density at radius 3 is 2.73 bits per heavy atom. The van der Waals surface area contributed by atoms with Crippen LogP contribution in [0.2, 0.25) is 0 Å². The van der Waals surface area contributed by atoms with Gasteiger partial charge >= 0.3 is 0 Å². The van der Waals surface area contributed by atoms with E-state index in [0.29, 0.717) is 18.1 Å². The Balaban J connectivity index is 2.49. The zero-order valence-corrected chi connectivity index (χ0v) is 10.7. The van der Waals surface area contributed by atoms with Gasteiger partial charge in [-0.2, -0.15) is 0 Å². The van der Waals surface area contributed by atoms with Gasteiger partial charge in [-0.1, -0.05) is 19.9 Å². The Hall–Kier alpha value is -0.0500. The molecule has 1 rings (SSSR count). The van der Waals surface area contributed by atoms with Crippen LogP contribution in [0, 0.1) is 5.92 Å². The van der Waals surface area contributed by atoms with E-state index in [1.54, 1.807) is 7.11 Å². The Kier molecular flexibility index (Phi) is 5.10. The summed E-state index contributed by atoms with van der Waals surface area (Å²) in [6.07, 6.45) is 3.27. The fraction of sp³-hybridized carbons (Fsp3) is 0.833. The molecule has 1 heterocycles. The standard InChI is InChI=1S/C12H22ClNO/c1-5-6-14-8-11(15-4)12(14)10(13)7-9(2)3/h5,9-12H,1,6-8H2,2-4H3/t10-,11+,12+/m0/s1. The smallest absolute Gasteiger partial charge is 0.0867 e. The molecular weight excluding hydrogens is 210 g/mol. The highest BCUT2D eigenvalue weighted by Gasteiger charge is 2.42. The third-order valence-corrected chi connectivity index (χ3v) is 3.39. The van der Waals surface area contributed by atoms with Crippen LogP contribution < -0.4 is 0 Å². The first-order valence-electron chi connectivity index (χ1n) is 5.62. The molecule has 2 nitrogen and oxygen atoms in total. The Morgan fingerprint density at radius 2 is 2.27 bits per heavy atom. The lowest BCUT2D eigenvalue weighted by Crippen LogP contribution is -2.64. The molecule has 3 heteroatoms. The first-order valence-corrected chi connectivity index (χ1v) is 6.05. The molecule has 0 aliphatic carbocycles. The van der Waals surface area contributed by atoms with Crippen molar-refractivity contribution in [3.63, 3.8) is 0 Å². The second-order valence-electron chi connectivity index (χ2n) is 4.65. The third-order valence-electron chi connectivity index (χ3n) is 2.95. The number of alkyl halides is 1. The van der Waals surface area contributed by atoms with E-state index in [9.17, 15) is 0 Å². The number of rotatable bonds is 6. The molecule has 0 bridgehead atoms. The van der Waals surface area contributed by atoms with E-state index in [2.05, 4.69) is 25.3 Å². The van der Waals surface area contributed by atoms with Crippen LogP contribution in [0.4, 0.5) is 0 Å². The molecular formula is C12H22ClNO. The normalized spacial score (nSPS) is 28.9. The van der Waals surface area contributed by atoms with Gasteiger partial charge in [0.1, 0.15) is 0 Å². The van der Waals surface area contributed by atoms with Crippen LogP contribution in [0.15, 0.2) is 12.7 Å². The van der Waals surface area contributed by atoms with Gasteiger partial charge in [0.2, 0.25) is 0 Å². The Bertz CT molecular complexity index is 208. The van der Waals surface area contributed by atoms with Crippen molar-refractivity contribution in [1.29, 1.82) is 0 Å². The van der Waals surface area contributed by atoms with Crippen molar-refractivity contribution in [2.24, 2.45) is 5.92 Å². The van der Waals surface area contributed by atoms with Gasteiger partial charge in [-0.3, -0.25) is 4.90 Å². The van der Waals surface area contributed by atoms with Gasteiger partial charge in [0.15, 0.2) is 0 Å². The van der Waals surface area contributed by atoms with Gasteiger partial charge in [-0.15, -0.1) is 18.2 Å². The second-order valence-corrected chi connectivity index (χ2v) is 5.21. The molecule has 15 heavy (non-hydrogen) atoms. The summed E-state index contributed by atoms with van der Waals surface area (Å²) in [7, 11) is 1.77. The molecule has 0 aromatic carbocycles. The van der Waals surface area contributed by atoms with E-state index in [1.165, 1.54) is 0 Å². The van der Waals surface area contributed by atoms with Crippen LogP contribution in [0.3, 0.4) is 0 Å². The number of ether oxygens (including phenoxy) is 1. The van der Waals surface area contributed by atoms with Gasteiger partial charge in [-0.05, 0) is 12.3 Å². The molecule has 0 radical (unpaired) electrons. The number of likely N-dealkylation sites (tertiary alicyclic amines) is 1. The third kappa shape index (κ3) is 3.20. The van der Waals surface area contributed by atoms with Gasteiger partial charge in [0.25, 0.3) is 0 Å². The van der Waals surface area contributed by atoms with Gasteiger partial charge in [0, 0.05) is 20.2 Å². The average molecular weight is 232 g/mol. The maximum Gasteiger partial charge on any atom is 0.0867 e. The molecule has 0 aromatic heterocycles. The summed E-state index contributed by atoms with van der Waals surface area (Å²) in [4.78, 5) is 2.33. The van der Waals surface area contributed by atoms with E-state index in [4.69, 9.17) is 16.3 Å². The van der Waals surface area contributed by atoms with Crippen LogP contribution >= 0.6 is 11.6 Å². The highest BCUT2D eigenvalue weighted by atomic mass is 35.5. The summed E-state index contributed by atoms with van der Waals surface area (Å²) in [5, 5.41) is 0.184. The minimum absolute atomic E-state index is 0.184. The Labute approximate surface area is 98.2 Å². The lowest BCUT2D eigenvalue weighted by molar-refractivity contribution is -0.0813. The van der Waals surface area contributed by atoms with Crippen molar-refractivity contribution in [1.82, 2.24) is 4.90 Å². The molecule has 1 fully saturated rings. The van der Waals surface area contributed by atoms with E-state index in [1.807, 2.05) is 6.08 Å². The molecule has 3 atom stereocenters. The maximum absolute atomic E-state index is 6.43. The number of hydrogen-bond acceptors (Lipinski definition) is 2. The summed E-state index contributed by atoms with van der Waals surface area (Å²) in [6.45, 7) is 10.1. The van der Waals surface area contributed by atoms with Crippen molar-refractivity contribution in [2.45, 2.75) is 37.8 Å². The predicted octanol–water partition coefficient (Wildman–Crippen LogP) is 2.53. The first kappa shape index (κ1) is 13.0. The predicted molar refractivity (Wildman–Crippen MR) is 65.5 cm³/mol. The number of hydrogen-bond donors (Lipinski definition) is 0. The summed E-state index contributed by atoms with van der Waals surface area (Å²) < 4.78 is 5.42. The van der Waals surface area contributed by atoms with Crippen LogP contribution in [0.5, 0.6) is 0 Å². The summed E-state index contributed by atoms with van der Waals surface area (Å²) in [5.74, 6) is 0.635. The van der Waals surface area contributed by atoms with Gasteiger partial charge in [-0.25, -0.2) is 0 Å². The molecule has 0 amide bonds. The number of halogens is 1. The molecule has 1 saturated heterocycles. The topological polar surface area (TPSA) is 12.5 Å². The van der Waals surface area contributed by atoms with E-state index in [-0.39, 0.29) is 5.38 Å². The lowest BCUT2D eigenvalue weighted by Gasteiger charge is -2.49. The van der Waals surface area contributed by atoms with Crippen molar-refractivity contribution in [3.8, 4) is 0 Å². The molecule has 0 spiro atoms. The average Bonchev–Trinajstić information content (AvgIpc) is 2.09. The fourth-order valence-electron chi connectivity index (χ4n) is 2.19. The molecule has 1 aliphatic rings. The van der Waals surface area contributed by atoms with Crippen molar-refractivity contribution in [2.75, 3.05) is 20.2 Å². The van der Waals surface area contributed by atoms with Crippen molar-refractivity contribution in [3.05, 3.63) is 12.7 Å². The zero-order valence-electron chi connectivity index (χ0n) is 9.95. The van der Waals surface area contributed by atoms with Crippen LogP contribution in [-0.2, 0) is 4.74 Å². The summed E-state index contributed by atoms with van der Waals surface area (Å²) in [6, 6.07) is 0.358. The highest BCUT2D eigenvalue weighted by Crippen LogP contribution is 2.29. The number of methoxy groups -OCH3 is 1. The second kappa shape index (κ2) is 5.88. The largest absolute Gasteiger partial charge is 0.378 e. The highest BCUT2D eigenvalue weighted by molar-refractivity contribution is 6.21. The maximum atomic E-state index is 6.43. The van der Waals surface area contributed by atoms with Gasteiger partial charge < -0.3 is 4.74 Å². The van der Waals surface area contributed by atoms with E-state index < -0.39 is 0 Å². The van der Waals surface area contributed by atoms with E-state index >= 15 is 0 Å². The quantitative estimate of drug-likeness (QED) is 0.515. The minimum atomic E-state index is 0.184. The number of nitrogens with zero attached hydrogens (tertiary/aromatic N) is 1. The first-order chi connectivity index (χ1) is 7.10. The van der Waals surface area contributed by atoms with Crippen molar-refractivity contribution >= 4 is 11.6 Å². The summed E-state index contributed by atoms with van der Waals surface area (Å²) in [5.41, 5.74) is 0. The van der Waals surface area contributed by atoms with Crippen LogP contribution in [0.1, 0.15) is 20.3 Å². The zero-order chi connectivity index (χ0) is 11.4. The lowest BCUT2D eigenvalue weighted by atomic mass is 9.91. The van der Waals surface area contributed by atoms with Crippen LogP contribution in [-0.4, -0.2) is 42.6 Å². The van der Waals surface area contributed by atoms with Crippen LogP contribution in [0.25, 0.3) is 0 Å². The van der Waals surface area contributed by atoms with E-state index in [0.717, 1.165) is 19.5 Å². The van der Waals surface area contributed by atoms with Crippen molar-refractivity contribution < 1.29 is 4.74 Å². The summed E-state index contributed by atoms with van der Waals surface area (Å²) >= 11 is 6.43. The molecule has 0 saturated carbocycles. The monoisotopic (exact) mass is 231 g/mol. The molecule has 0 unspecified atom stereocenters. The SMILES string of the molecule is C=CCN1C[C@@H](OC)[C@H]1[C@@H](Cl)CC(C)C. The minimum Gasteiger partial charge on any atom is -0.378 e. The van der Waals surface area contributed by atoms with Gasteiger partial charge in [0.05, 0.1) is 17.5 Å². The molecule has 1 aliphatic heterocycles. The fourth-order valence-corrected chi connectivity index (χ4v) is 2.86. The molecule has 0 aromatic rings.